The number of hydrogen-bond donors (Lipinski definition) is 1. The molecule has 18 heavy (non-hydrogen) atoms. The van der Waals surface area contributed by atoms with Crippen molar-refractivity contribution in [2.24, 2.45) is 0 Å². The van der Waals surface area contributed by atoms with Gasteiger partial charge in [0.05, 0.1) is 24.8 Å². The van der Waals surface area contributed by atoms with Crippen molar-refractivity contribution in [2.75, 3.05) is 25.1 Å². The molecule has 0 aliphatic carbocycles. The second-order valence-corrected chi connectivity index (χ2v) is 5.19. The van der Waals surface area contributed by atoms with Crippen LogP contribution in [0.1, 0.15) is 26.0 Å². The maximum Gasteiger partial charge on any atom is 0.303 e. The Bertz CT molecular complexity index is 379. The Hall–Kier alpha value is -1.14. The second kappa shape index (κ2) is 7.33. The number of carbonyl (C=O) groups is 1. The molecule has 1 rings (SSSR count). The van der Waals surface area contributed by atoms with Crippen LogP contribution in [-0.2, 0) is 16.0 Å². The zero-order valence-corrected chi connectivity index (χ0v) is 11.9. The fourth-order valence-corrected chi connectivity index (χ4v) is 2.20. The van der Waals surface area contributed by atoms with Gasteiger partial charge in [-0.3, -0.25) is 4.79 Å². The van der Waals surface area contributed by atoms with Crippen LogP contribution in [0.15, 0.2) is 5.38 Å². The molecule has 6 heteroatoms. The van der Waals surface area contributed by atoms with Crippen LogP contribution in [0.2, 0.25) is 0 Å². The number of aryl methyl sites for hydroxylation is 1. The Morgan fingerprint density at radius 3 is 2.94 bits per heavy atom. The molecule has 1 aromatic heterocycles. The molecule has 0 aliphatic heterocycles. The summed E-state index contributed by atoms with van der Waals surface area (Å²) in [5.41, 5.74) is 0.842. The number of likely N-dealkylation sites (N-methyl/N-ethyl adjacent to an activating group) is 1. The highest BCUT2D eigenvalue weighted by atomic mass is 32.1. The summed E-state index contributed by atoms with van der Waals surface area (Å²) in [5, 5.41) is 11.4. The molecule has 0 atom stereocenters. The van der Waals surface area contributed by atoms with Crippen molar-refractivity contribution in [3.63, 3.8) is 0 Å². The number of rotatable bonds is 8. The Kier molecular flexibility index (Phi) is 6.07. The predicted octanol–water partition coefficient (Wildman–Crippen LogP) is 2.02. The van der Waals surface area contributed by atoms with E-state index in [-0.39, 0.29) is 12.5 Å². The van der Waals surface area contributed by atoms with Gasteiger partial charge < -0.3 is 14.7 Å². The maximum atomic E-state index is 10.5. The molecular formula is C12H20N2O3S. The number of aromatic nitrogens is 1. The van der Waals surface area contributed by atoms with E-state index in [9.17, 15) is 4.79 Å². The number of hydrogen-bond acceptors (Lipinski definition) is 5. The van der Waals surface area contributed by atoms with Crippen LogP contribution in [0.4, 0.5) is 5.13 Å². The lowest BCUT2D eigenvalue weighted by molar-refractivity contribution is -0.136. The molecule has 102 valence electrons. The van der Waals surface area contributed by atoms with Crippen molar-refractivity contribution in [3.05, 3.63) is 11.1 Å². The minimum atomic E-state index is -0.789. The van der Waals surface area contributed by atoms with Gasteiger partial charge in [-0.05, 0) is 13.8 Å². The van der Waals surface area contributed by atoms with Crippen molar-refractivity contribution < 1.29 is 14.6 Å². The predicted molar refractivity (Wildman–Crippen MR) is 72.4 cm³/mol. The zero-order valence-electron chi connectivity index (χ0n) is 11.0. The van der Waals surface area contributed by atoms with Gasteiger partial charge >= 0.3 is 5.97 Å². The average molecular weight is 272 g/mol. The lowest BCUT2D eigenvalue weighted by Gasteiger charge is -2.16. The standard InChI is InChI=1S/C12H20N2O3S/c1-9(2)17-7-6-14(3)12-13-10(8-18-12)4-5-11(15)16/h8-9H,4-7H2,1-3H3,(H,15,16). The Morgan fingerprint density at radius 1 is 1.61 bits per heavy atom. The Morgan fingerprint density at radius 2 is 2.33 bits per heavy atom. The van der Waals surface area contributed by atoms with Gasteiger partial charge in [-0.25, -0.2) is 4.98 Å². The van der Waals surface area contributed by atoms with Crippen molar-refractivity contribution in [3.8, 4) is 0 Å². The molecule has 0 spiro atoms. The van der Waals surface area contributed by atoms with Crippen molar-refractivity contribution in [2.45, 2.75) is 32.8 Å². The lowest BCUT2D eigenvalue weighted by Crippen LogP contribution is -2.23. The molecule has 0 radical (unpaired) electrons. The van der Waals surface area contributed by atoms with Crippen LogP contribution < -0.4 is 4.90 Å². The van der Waals surface area contributed by atoms with Gasteiger partial charge in [0.1, 0.15) is 0 Å². The van der Waals surface area contributed by atoms with Crippen LogP contribution in [0.5, 0.6) is 0 Å². The topological polar surface area (TPSA) is 62.7 Å². The number of anilines is 1. The number of ether oxygens (including phenoxy) is 1. The van der Waals surface area contributed by atoms with Gasteiger partial charge in [0, 0.05) is 25.4 Å². The van der Waals surface area contributed by atoms with E-state index in [2.05, 4.69) is 4.98 Å². The first-order valence-corrected chi connectivity index (χ1v) is 6.86. The molecule has 0 amide bonds. The summed E-state index contributed by atoms with van der Waals surface area (Å²) in [6.45, 7) is 5.46. The van der Waals surface area contributed by atoms with Crippen LogP contribution in [0, 0.1) is 0 Å². The zero-order chi connectivity index (χ0) is 13.5. The molecule has 5 nitrogen and oxygen atoms in total. The molecule has 0 saturated heterocycles. The molecule has 1 heterocycles. The van der Waals surface area contributed by atoms with Crippen molar-refractivity contribution in [1.29, 1.82) is 0 Å². The summed E-state index contributed by atoms with van der Waals surface area (Å²) in [4.78, 5) is 16.9. The highest BCUT2D eigenvalue weighted by Gasteiger charge is 2.08. The fraction of sp³-hybridized carbons (Fsp3) is 0.667. The molecule has 1 aromatic rings. The van der Waals surface area contributed by atoms with Gasteiger partial charge in [0.15, 0.2) is 5.13 Å². The number of carboxylic acid groups (broad SMARTS) is 1. The maximum absolute atomic E-state index is 10.5. The number of thiazole rings is 1. The lowest BCUT2D eigenvalue weighted by atomic mass is 10.2. The highest BCUT2D eigenvalue weighted by molar-refractivity contribution is 7.13. The largest absolute Gasteiger partial charge is 0.481 e. The first-order valence-electron chi connectivity index (χ1n) is 5.98. The summed E-state index contributed by atoms with van der Waals surface area (Å²) in [6.07, 6.45) is 0.853. The smallest absolute Gasteiger partial charge is 0.303 e. The second-order valence-electron chi connectivity index (χ2n) is 4.36. The normalized spacial score (nSPS) is 10.9. The molecule has 0 fully saturated rings. The number of nitrogens with zero attached hydrogens (tertiary/aromatic N) is 2. The number of carboxylic acids is 1. The summed E-state index contributed by atoms with van der Waals surface area (Å²) < 4.78 is 5.48. The van der Waals surface area contributed by atoms with Gasteiger partial charge in [0.2, 0.25) is 0 Å². The van der Waals surface area contributed by atoms with Crippen LogP contribution in [0.25, 0.3) is 0 Å². The SMILES string of the molecule is CC(C)OCCN(C)c1nc(CCC(=O)O)cs1. The van der Waals surface area contributed by atoms with Gasteiger partial charge in [-0.1, -0.05) is 0 Å². The highest BCUT2D eigenvalue weighted by Crippen LogP contribution is 2.19. The van der Waals surface area contributed by atoms with Gasteiger partial charge in [0.25, 0.3) is 0 Å². The third-order valence-electron chi connectivity index (χ3n) is 2.34. The molecular weight excluding hydrogens is 252 g/mol. The minimum Gasteiger partial charge on any atom is -0.481 e. The third-order valence-corrected chi connectivity index (χ3v) is 3.34. The van der Waals surface area contributed by atoms with E-state index in [4.69, 9.17) is 9.84 Å². The van der Waals surface area contributed by atoms with Crippen molar-refractivity contribution >= 4 is 22.4 Å². The van der Waals surface area contributed by atoms with E-state index in [1.165, 1.54) is 11.3 Å². The third kappa shape index (κ3) is 5.46. The first-order chi connectivity index (χ1) is 8.49. The Balaban J connectivity index is 2.39. The molecule has 0 bridgehead atoms. The average Bonchev–Trinajstić information content (AvgIpc) is 2.74. The van der Waals surface area contributed by atoms with Crippen LogP contribution >= 0.6 is 11.3 Å². The quantitative estimate of drug-likeness (QED) is 0.784. The van der Waals surface area contributed by atoms with Gasteiger partial charge in [-0.15, -0.1) is 11.3 Å². The minimum absolute atomic E-state index is 0.128. The molecule has 0 saturated carbocycles. The van der Waals surface area contributed by atoms with Gasteiger partial charge in [-0.2, -0.15) is 0 Å². The molecule has 0 aromatic carbocycles. The van der Waals surface area contributed by atoms with E-state index in [0.717, 1.165) is 17.4 Å². The monoisotopic (exact) mass is 272 g/mol. The summed E-state index contributed by atoms with van der Waals surface area (Å²) in [6, 6.07) is 0. The van der Waals surface area contributed by atoms with Crippen molar-refractivity contribution in [1.82, 2.24) is 4.98 Å². The summed E-state index contributed by atoms with van der Waals surface area (Å²) in [7, 11) is 1.96. The number of aliphatic carboxylic acids is 1. The molecule has 0 unspecified atom stereocenters. The summed E-state index contributed by atoms with van der Waals surface area (Å²) in [5.74, 6) is -0.789. The first kappa shape index (κ1) is 14.9. The van der Waals surface area contributed by atoms with E-state index < -0.39 is 5.97 Å². The van der Waals surface area contributed by atoms with E-state index in [1.807, 2.05) is 31.2 Å². The van der Waals surface area contributed by atoms with Crippen LogP contribution in [-0.4, -0.2) is 42.4 Å². The van der Waals surface area contributed by atoms with E-state index >= 15 is 0 Å². The molecule has 0 aliphatic rings. The summed E-state index contributed by atoms with van der Waals surface area (Å²) >= 11 is 1.53. The van der Waals surface area contributed by atoms with E-state index in [1.54, 1.807) is 0 Å². The molecule has 1 N–H and O–H groups in total. The van der Waals surface area contributed by atoms with E-state index in [0.29, 0.717) is 13.0 Å². The Labute approximate surface area is 111 Å². The fourth-order valence-electron chi connectivity index (χ4n) is 1.34. The van der Waals surface area contributed by atoms with Crippen LogP contribution in [0.3, 0.4) is 0 Å².